The third-order valence-corrected chi connectivity index (χ3v) is 5.94. The molecule has 0 spiro atoms. The molecule has 1 unspecified atom stereocenters. The number of carbonyl (C=O) groups is 1. The Labute approximate surface area is 207 Å². The standard InChI is InChI=1S/C26H25ClN4O4/c1-16-12-20(14-30(2)25(16)32)28-23(18-6-8-19(27)9-7-18)22-15-31(29-24(22)26(33)34)13-17-4-10-21(35-3)11-5-17/h4-12,14-15,23,28H,13H2,1-3H3,(H,33,34). The van der Waals surface area contributed by atoms with E-state index >= 15 is 0 Å². The van der Waals surface area contributed by atoms with Gasteiger partial charge in [-0.2, -0.15) is 5.10 Å². The van der Waals surface area contributed by atoms with E-state index < -0.39 is 12.0 Å². The molecule has 2 aromatic carbocycles. The summed E-state index contributed by atoms with van der Waals surface area (Å²) >= 11 is 6.10. The quantitative estimate of drug-likeness (QED) is 0.376. The molecule has 4 aromatic rings. The number of aromatic nitrogens is 3. The van der Waals surface area contributed by atoms with Gasteiger partial charge in [-0.1, -0.05) is 35.9 Å². The predicted octanol–water partition coefficient (Wildman–Crippen LogP) is 4.50. The minimum Gasteiger partial charge on any atom is -0.497 e. The van der Waals surface area contributed by atoms with Crippen LogP contribution in [0.25, 0.3) is 0 Å². The molecule has 8 nitrogen and oxygen atoms in total. The second kappa shape index (κ2) is 10.1. The van der Waals surface area contributed by atoms with E-state index in [1.54, 1.807) is 56.4 Å². The summed E-state index contributed by atoms with van der Waals surface area (Å²) in [6, 6.07) is 15.9. The van der Waals surface area contributed by atoms with Crippen LogP contribution in [0.4, 0.5) is 5.69 Å². The van der Waals surface area contributed by atoms with E-state index in [2.05, 4.69) is 10.4 Å². The summed E-state index contributed by atoms with van der Waals surface area (Å²) in [5.41, 5.74) is 3.31. The number of halogens is 1. The fourth-order valence-electron chi connectivity index (χ4n) is 3.93. The SMILES string of the molecule is COc1ccc(Cn2cc(C(Nc3cc(C)c(=O)n(C)c3)c3ccc(Cl)cc3)c(C(=O)O)n2)cc1. The molecular formula is C26H25ClN4O4. The highest BCUT2D eigenvalue weighted by atomic mass is 35.5. The molecule has 0 aliphatic heterocycles. The van der Waals surface area contributed by atoms with Gasteiger partial charge in [0.15, 0.2) is 5.69 Å². The molecule has 9 heteroatoms. The van der Waals surface area contributed by atoms with Crippen LogP contribution >= 0.6 is 11.6 Å². The van der Waals surface area contributed by atoms with Crippen LogP contribution in [-0.4, -0.2) is 32.5 Å². The lowest BCUT2D eigenvalue weighted by Crippen LogP contribution is -2.21. The number of rotatable bonds is 8. The Balaban J connectivity index is 1.77. The van der Waals surface area contributed by atoms with Gasteiger partial charge in [-0.3, -0.25) is 9.48 Å². The summed E-state index contributed by atoms with van der Waals surface area (Å²) < 4.78 is 8.30. The molecular weight excluding hydrogens is 468 g/mol. The largest absolute Gasteiger partial charge is 0.497 e. The van der Waals surface area contributed by atoms with Gasteiger partial charge >= 0.3 is 5.97 Å². The lowest BCUT2D eigenvalue weighted by Gasteiger charge is -2.21. The van der Waals surface area contributed by atoms with Gasteiger partial charge in [0.05, 0.1) is 25.4 Å². The number of hydrogen-bond donors (Lipinski definition) is 2. The normalized spacial score (nSPS) is 11.8. The molecule has 0 amide bonds. The fraction of sp³-hybridized carbons (Fsp3) is 0.192. The van der Waals surface area contributed by atoms with Gasteiger partial charge in [0.1, 0.15) is 5.75 Å². The fourth-order valence-corrected chi connectivity index (χ4v) is 4.06. The Morgan fingerprint density at radius 3 is 2.43 bits per heavy atom. The number of pyridine rings is 1. The summed E-state index contributed by atoms with van der Waals surface area (Å²) in [4.78, 5) is 24.3. The van der Waals surface area contributed by atoms with Crippen LogP contribution < -0.4 is 15.6 Å². The van der Waals surface area contributed by atoms with E-state index in [0.29, 0.717) is 28.4 Å². The molecule has 2 N–H and O–H groups in total. The van der Waals surface area contributed by atoms with E-state index in [0.717, 1.165) is 16.9 Å². The van der Waals surface area contributed by atoms with E-state index in [9.17, 15) is 14.7 Å². The molecule has 180 valence electrons. The van der Waals surface area contributed by atoms with Gasteiger partial charge in [-0.15, -0.1) is 0 Å². The molecule has 1 atom stereocenters. The monoisotopic (exact) mass is 492 g/mol. The van der Waals surface area contributed by atoms with Crippen LogP contribution in [0.15, 0.2) is 71.8 Å². The van der Waals surface area contributed by atoms with Crippen molar-refractivity contribution in [2.45, 2.75) is 19.5 Å². The molecule has 0 bridgehead atoms. The summed E-state index contributed by atoms with van der Waals surface area (Å²) in [6.07, 6.45) is 3.41. The zero-order valence-electron chi connectivity index (χ0n) is 19.5. The number of aromatic carboxylic acids is 1. The van der Waals surface area contributed by atoms with Crippen molar-refractivity contribution in [3.8, 4) is 5.75 Å². The molecule has 4 rings (SSSR count). The number of methoxy groups -OCH3 is 1. The minimum absolute atomic E-state index is 0.0625. The van der Waals surface area contributed by atoms with Gasteiger partial charge in [-0.05, 0) is 48.4 Å². The van der Waals surface area contributed by atoms with Gasteiger partial charge in [0.2, 0.25) is 0 Å². The van der Waals surface area contributed by atoms with Crippen LogP contribution in [0.2, 0.25) is 5.02 Å². The summed E-state index contributed by atoms with van der Waals surface area (Å²) in [5, 5.41) is 18.3. The second-order valence-electron chi connectivity index (χ2n) is 8.24. The maximum atomic E-state index is 12.2. The first-order chi connectivity index (χ1) is 16.7. The average molecular weight is 493 g/mol. The highest BCUT2D eigenvalue weighted by Crippen LogP contribution is 2.30. The first kappa shape index (κ1) is 24.1. The zero-order valence-corrected chi connectivity index (χ0v) is 20.3. The van der Waals surface area contributed by atoms with Crippen molar-refractivity contribution in [2.24, 2.45) is 7.05 Å². The van der Waals surface area contributed by atoms with Crippen molar-refractivity contribution >= 4 is 23.3 Å². The zero-order chi connectivity index (χ0) is 25.1. The van der Waals surface area contributed by atoms with Crippen LogP contribution in [0.3, 0.4) is 0 Å². The summed E-state index contributed by atoms with van der Waals surface area (Å²) in [6.45, 7) is 2.12. The molecule has 0 saturated carbocycles. The van der Waals surface area contributed by atoms with Crippen molar-refractivity contribution in [1.82, 2.24) is 14.3 Å². The van der Waals surface area contributed by atoms with Gasteiger partial charge in [-0.25, -0.2) is 4.79 Å². The molecule has 0 saturated heterocycles. The predicted molar refractivity (Wildman–Crippen MR) is 135 cm³/mol. The lowest BCUT2D eigenvalue weighted by atomic mass is 9.98. The molecule has 2 aromatic heterocycles. The first-order valence-corrected chi connectivity index (χ1v) is 11.3. The summed E-state index contributed by atoms with van der Waals surface area (Å²) in [7, 11) is 3.28. The first-order valence-electron chi connectivity index (χ1n) is 10.9. The van der Waals surface area contributed by atoms with Gasteiger partial charge in [0.25, 0.3) is 5.56 Å². The van der Waals surface area contributed by atoms with Crippen molar-refractivity contribution in [1.29, 1.82) is 0 Å². The van der Waals surface area contributed by atoms with Crippen molar-refractivity contribution in [3.63, 3.8) is 0 Å². The number of carboxylic acids is 1. The number of aryl methyl sites for hydroxylation is 2. The van der Waals surface area contributed by atoms with Gasteiger partial charge < -0.3 is 19.7 Å². The summed E-state index contributed by atoms with van der Waals surface area (Å²) in [5.74, 6) is -0.397. The van der Waals surface area contributed by atoms with Crippen LogP contribution in [0.5, 0.6) is 5.75 Å². The topological polar surface area (TPSA) is 98.4 Å². The van der Waals surface area contributed by atoms with E-state index in [1.807, 2.05) is 36.4 Å². The molecule has 0 aliphatic rings. The van der Waals surface area contributed by atoms with Crippen molar-refractivity contribution < 1.29 is 14.6 Å². The Kier molecular flexibility index (Phi) is 6.93. The van der Waals surface area contributed by atoms with E-state index in [1.165, 1.54) is 4.57 Å². The Bertz CT molecular complexity index is 1380. The molecule has 35 heavy (non-hydrogen) atoms. The van der Waals surface area contributed by atoms with Crippen molar-refractivity contribution in [3.05, 3.63) is 110 Å². The molecule has 0 aliphatic carbocycles. The Morgan fingerprint density at radius 1 is 1.14 bits per heavy atom. The number of ether oxygens (including phenoxy) is 1. The third-order valence-electron chi connectivity index (χ3n) is 5.68. The molecule has 0 radical (unpaired) electrons. The number of nitrogens with zero attached hydrogens (tertiary/aromatic N) is 3. The Morgan fingerprint density at radius 2 is 1.83 bits per heavy atom. The van der Waals surface area contributed by atoms with Crippen LogP contribution in [0, 0.1) is 6.92 Å². The number of anilines is 1. The maximum Gasteiger partial charge on any atom is 0.356 e. The molecule has 2 heterocycles. The highest BCUT2D eigenvalue weighted by molar-refractivity contribution is 6.30. The maximum absolute atomic E-state index is 12.2. The number of nitrogens with one attached hydrogen (secondary N) is 1. The number of benzene rings is 2. The lowest BCUT2D eigenvalue weighted by molar-refractivity contribution is 0.0688. The minimum atomic E-state index is -1.13. The van der Waals surface area contributed by atoms with E-state index in [4.69, 9.17) is 16.3 Å². The Hall–Kier alpha value is -4.04. The van der Waals surface area contributed by atoms with Gasteiger partial charge in [0, 0.05) is 35.6 Å². The van der Waals surface area contributed by atoms with Crippen LogP contribution in [0.1, 0.15) is 38.8 Å². The average Bonchev–Trinajstić information content (AvgIpc) is 3.26. The number of carboxylic acid groups (broad SMARTS) is 1. The molecule has 0 fully saturated rings. The smallest absolute Gasteiger partial charge is 0.356 e. The number of hydrogen-bond acceptors (Lipinski definition) is 5. The highest BCUT2D eigenvalue weighted by Gasteiger charge is 2.25. The van der Waals surface area contributed by atoms with Crippen molar-refractivity contribution in [2.75, 3.05) is 12.4 Å². The van der Waals surface area contributed by atoms with Crippen LogP contribution in [-0.2, 0) is 13.6 Å². The third kappa shape index (κ3) is 5.38. The second-order valence-corrected chi connectivity index (χ2v) is 8.68. The van der Waals surface area contributed by atoms with E-state index in [-0.39, 0.29) is 11.3 Å².